The first-order valence-corrected chi connectivity index (χ1v) is 8.55. The highest BCUT2D eigenvalue weighted by Crippen LogP contribution is 2.33. The van der Waals surface area contributed by atoms with Crippen molar-refractivity contribution < 1.29 is 14.6 Å². The van der Waals surface area contributed by atoms with Crippen molar-refractivity contribution in [3.8, 4) is 0 Å². The Labute approximate surface area is 142 Å². The molecule has 0 spiro atoms. The molecular formula is C20H23NO3. The van der Waals surface area contributed by atoms with Crippen LogP contribution in [0.2, 0.25) is 0 Å². The zero-order valence-electron chi connectivity index (χ0n) is 13.6. The molecule has 0 radical (unpaired) electrons. The zero-order valence-corrected chi connectivity index (χ0v) is 13.6. The minimum Gasteiger partial charge on any atom is -0.389 e. The zero-order chi connectivity index (χ0) is 16.4. The molecule has 0 aromatic heterocycles. The van der Waals surface area contributed by atoms with Gasteiger partial charge >= 0.3 is 0 Å². The molecule has 1 N–H and O–H groups in total. The van der Waals surface area contributed by atoms with Crippen LogP contribution in [0.25, 0.3) is 0 Å². The Morgan fingerprint density at radius 2 is 1.62 bits per heavy atom. The summed E-state index contributed by atoms with van der Waals surface area (Å²) in [7, 11) is 0. The molecule has 2 aliphatic rings. The van der Waals surface area contributed by atoms with Crippen LogP contribution in [0.1, 0.15) is 11.1 Å². The van der Waals surface area contributed by atoms with Gasteiger partial charge in [-0.1, -0.05) is 60.7 Å². The fraction of sp³-hybridized carbons (Fsp3) is 0.400. The maximum Gasteiger partial charge on any atom is 0.114 e. The Bertz CT molecular complexity index is 648. The number of hydrogen-bond acceptors (Lipinski definition) is 4. The van der Waals surface area contributed by atoms with Crippen LogP contribution in [-0.2, 0) is 22.6 Å². The Kier molecular flexibility index (Phi) is 4.63. The quantitative estimate of drug-likeness (QED) is 0.856. The summed E-state index contributed by atoms with van der Waals surface area (Å²) in [6, 6.07) is 20.4. The van der Waals surface area contributed by atoms with Crippen molar-refractivity contribution >= 4 is 0 Å². The highest BCUT2D eigenvalue weighted by Gasteiger charge is 2.51. The summed E-state index contributed by atoms with van der Waals surface area (Å²) in [6.07, 6.45) is -0.595. The van der Waals surface area contributed by atoms with Gasteiger partial charge in [-0.15, -0.1) is 0 Å². The molecule has 0 unspecified atom stereocenters. The lowest BCUT2D eigenvalue weighted by molar-refractivity contribution is -0.0676. The van der Waals surface area contributed by atoms with Crippen LogP contribution < -0.4 is 0 Å². The summed E-state index contributed by atoms with van der Waals surface area (Å²) >= 11 is 0. The topological polar surface area (TPSA) is 45.2 Å². The Hall–Kier alpha value is -1.72. The van der Waals surface area contributed by atoms with E-state index >= 15 is 0 Å². The van der Waals surface area contributed by atoms with Crippen LogP contribution in [0.5, 0.6) is 0 Å². The van der Waals surface area contributed by atoms with Gasteiger partial charge in [-0.25, -0.2) is 0 Å². The van der Waals surface area contributed by atoms with Gasteiger partial charge in [0.05, 0.1) is 18.8 Å². The lowest BCUT2D eigenvalue weighted by atomic mass is 10.1. The number of epoxide rings is 1. The number of β-amino-alcohol motifs (C(OH)–C–C–N with tert-alkyl or cyclic N) is 1. The highest BCUT2D eigenvalue weighted by atomic mass is 16.6. The minimum atomic E-state index is -0.532. The van der Waals surface area contributed by atoms with Crippen molar-refractivity contribution in [1.82, 2.24) is 4.90 Å². The monoisotopic (exact) mass is 325 g/mol. The number of aliphatic hydroxyl groups is 1. The molecule has 2 aromatic rings. The van der Waals surface area contributed by atoms with E-state index in [1.54, 1.807) is 0 Å². The standard InChI is InChI=1S/C20H23NO3/c22-17-12-21(11-15-7-3-1-4-8-15)13-18-20(24-18)19(17)23-14-16-9-5-2-6-10-16/h1-10,17-20,22H,11-14H2/t17-,18-,19+,20-/m1/s1. The van der Waals surface area contributed by atoms with Crippen molar-refractivity contribution in [2.75, 3.05) is 13.1 Å². The molecule has 2 aliphatic heterocycles. The summed E-state index contributed by atoms with van der Waals surface area (Å²) in [5.41, 5.74) is 2.37. The van der Waals surface area contributed by atoms with Gasteiger partial charge in [-0.05, 0) is 11.1 Å². The van der Waals surface area contributed by atoms with E-state index in [2.05, 4.69) is 17.0 Å². The molecule has 4 nitrogen and oxygen atoms in total. The second kappa shape index (κ2) is 7.03. The Morgan fingerprint density at radius 3 is 2.33 bits per heavy atom. The number of ether oxygens (including phenoxy) is 2. The van der Waals surface area contributed by atoms with Crippen LogP contribution in [-0.4, -0.2) is 47.5 Å². The molecule has 2 heterocycles. The summed E-state index contributed by atoms with van der Waals surface area (Å²) in [5.74, 6) is 0. The summed E-state index contributed by atoms with van der Waals surface area (Å²) in [5, 5.41) is 10.6. The second-order valence-electron chi connectivity index (χ2n) is 6.65. The molecule has 4 heteroatoms. The molecule has 0 bridgehead atoms. The Balaban J connectivity index is 1.38. The van der Waals surface area contributed by atoms with Crippen molar-refractivity contribution in [2.24, 2.45) is 0 Å². The fourth-order valence-electron chi connectivity index (χ4n) is 3.45. The maximum absolute atomic E-state index is 10.6. The second-order valence-corrected chi connectivity index (χ2v) is 6.65. The first-order chi connectivity index (χ1) is 11.8. The molecule has 2 aromatic carbocycles. The van der Waals surface area contributed by atoms with Gasteiger partial charge in [0.2, 0.25) is 0 Å². The molecule has 24 heavy (non-hydrogen) atoms. The molecule has 126 valence electrons. The van der Waals surface area contributed by atoms with Gasteiger partial charge in [-0.3, -0.25) is 4.90 Å². The summed E-state index contributed by atoms with van der Waals surface area (Å²) < 4.78 is 11.8. The van der Waals surface area contributed by atoms with Gasteiger partial charge in [0.15, 0.2) is 0 Å². The predicted octanol–water partition coefficient (Wildman–Crippen LogP) is 2.22. The van der Waals surface area contributed by atoms with Crippen molar-refractivity contribution in [3.05, 3.63) is 71.8 Å². The molecule has 4 rings (SSSR count). The van der Waals surface area contributed by atoms with E-state index in [0.717, 1.165) is 18.7 Å². The third-order valence-corrected chi connectivity index (χ3v) is 4.74. The van der Waals surface area contributed by atoms with Gasteiger partial charge < -0.3 is 14.6 Å². The van der Waals surface area contributed by atoms with Crippen molar-refractivity contribution in [1.29, 1.82) is 0 Å². The number of rotatable bonds is 5. The van der Waals surface area contributed by atoms with Crippen LogP contribution in [0.3, 0.4) is 0 Å². The van der Waals surface area contributed by atoms with Crippen molar-refractivity contribution in [3.63, 3.8) is 0 Å². The first-order valence-electron chi connectivity index (χ1n) is 8.55. The van der Waals surface area contributed by atoms with E-state index < -0.39 is 6.10 Å². The molecule has 4 atom stereocenters. The van der Waals surface area contributed by atoms with Gasteiger partial charge in [0.25, 0.3) is 0 Å². The third kappa shape index (κ3) is 3.68. The first kappa shape index (κ1) is 15.8. The number of benzene rings is 2. The minimum absolute atomic E-state index is 0.0180. The van der Waals surface area contributed by atoms with Crippen LogP contribution in [0.4, 0.5) is 0 Å². The molecule has 2 fully saturated rings. The van der Waals surface area contributed by atoms with Crippen molar-refractivity contribution in [2.45, 2.75) is 37.6 Å². The van der Waals surface area contributed by atoms with E-state index in [-0.39, 0.29) is 18.3 Å². The lowest BCUT2D eigenvalue weighted by Gasteiger charge is -2.26. The Morgan fingerprint density at radius 1 is 0.958 bits per heavy atom. The summed E-state index contributed by atoms with van der Waals surface area (Å²) in [6.45, 7) is 2.80. The number of nitrogens with zero attached hydrogens (tertiary/aromatic N) is 1. The van der Waals surface area contributed by atoms with Gasteiger partial charge in [0.1, 0.15) is 12.2 Å². The van der Waals surface area contributed by atoms with E-state index in [0.29, 0.717) is 13.2 Å². The molecular weight excluding hydrogens is 302 g/mol. The fourth-order valence-corrected chi connectivity index (χ4v) is 3.45. The summed E-state index contributed by atoms with van der Waals surface area (Å²) in [4.78, 5) is 2.26. The van der Waals surface area contributed by atoms with E-state index in [4.69, 9.17) is 9.47 Å². The largest absolute Gasteiger partial charge is 0.389 e. The molecule has 0 aliphatic carbocycles. The van der Waals surface area contributed by atoms with Crippen LogP contribution >= 0.6 is 0 Å². The third-order valence-electron chi connectivity index (χ3n) is 4.74. The highest BCUT2D eigenvalue weighted by molar-refractivity contribution is 5.16. The van der Waals surface area contributed by atoms with Gasteiger partial charge in [0, 0.05) is 19.6 Å². The average Bonchev–Trinajstić information content (AvgIpc) is 3.36. The predicted molar refractivity (Wildman–Crippen MR) is 91.4 cm³/mol. The number of fused-ring (bicyclic) bond motifs is 1. The van der Waals surface area contributed by atoms with Gasteiger partial charge in [-0.2, -0.15) is 0 Å². The molecule has 0 amide bonds. The lowest BCUT2D eigenvalue weighted by Crippen LogP contribution is -2.40. The maximum atomic E-state index is 10.6. The average molecular weight is 325 g/mol. The van der Waals surface area contributed by atoms with E-state index in [9.17, 15) is 5.11 Å². The number of likely N-dealkylation sites (tertiary alicyclic amines) is 1. The number of hydrogen-bond donors (Lipinski definition) is 1. The molecule has 0 saturated carbocycles. The normalized spacial score (nSPS) is 29.7. The van der Waals surface area contributed by atoms with E-state index in [1.165, 1.54) is 5.56 Å². The van der Waals surface area contributed by atoms with E-state index in [1.807, 2.05) is 48.5 Å². The van der Waals surface area contributed by atoms with Crippen LogP contribution in [0.15, 0.2) is 60.7 Å². The number of aliphatic hydroxyl groups excluding tert-OH is 1. The van der Waals surface area contributed by atoms with Crippen LogP contribution in [0, 0.1) is 0 Å². The SMILES string of the molecule is O[C@@H]1CN(Cc2ccccc2)C[C@H]2O[C@H]2[C@H]1OCc1ccccc1. The molecule has 2 saturated heterocycles. The smallest absolute Gasteiger partial charge is 0.114 e.